The molecule has 1 N–H and O–H groups in total. The maximum atomic E-state index is 12.2. The van der Waals surface area contributed by atoms with Crippen molar-refractivity contribution in [2.45, 2.75) is 19.2 Å². The van der Waals surface area contributed by atoms with E-state index >= 15 is 0 Å². The Bertz CT molecular complexity index is 473. The molecule has 4 nitrogen and oxygen atoms in total. The number of phenols is 1. The lowest BCUT2D eigenvalue weighted by Gasteiger charge is -2.21. The first-order valence-corrected chi connectivity index (χ1v) is 5.26. The number of rotatable bonds is 2. The van der Waals surface area contributed by atoms with Gasteiger partial charge in [0.1, 0.15) is 11.4 Å². The third-order valence-corrected chi connectivity index (χ3v) is 2.55. The van der Waals surface area contributed by atoms with Crippen LogP contribution in [0.15, 0.2) is 18.2 Å². The number of halogens is 3. The molecule has 0 aliphatic carbocycles. The van der Waals surface area contributed by atoms with E-state index in [0.29, 0.717) is 6.42 Å². The Morgan fingerprint density at radius 1 is 1.33 bits per heavy atom. The first-order valence-electron chi connectivity index (χ1n) is 5.26. The zero-order valence-electron chi connectivity index (χ0n) is 9.20. The number of carbonyl (C=O) groups excluding carboxylic acids is 1. The Morgan fingerprint density at radius 3 is 2.61 bits per heavy atom. The molecule has 98 valence electrons. The number of carbonyl (C=O) groups is 1. The van der Waals surface area contributed by atoms with E-state index in [0.717, 1.165) is 11.0 Å². The van der Waals surface area contributed by atoms with Gasteiger partial charge < -0.3 is 14.7 Å². The molecule has 0 bridgehead atoms. The molecule has 0 saturated carbocycles. The Hall–Kier alpha value is -1.92. The Labute approximate surface area is 101 Å². The summed E-state index contributed by atoms with van der Waals surface area (Å²) >= 11 is 0. The van der Waals surface area contributed by atoms with Gasteiger partial charge in [0.05, 0.1) is 0 Å². The quantitative estimate of drug-likeness (QED) is 0.889. The fourth-order valence-electron chi connectivity index (χ4n) is 1.87. The van der Waals surface area contributed by atoms with Crippen molar-refractivity contribution < 1.29 is 27.8 Å². The lowest BCUT2D eigenvalue weighted by molar-refractivity contribution is -0.274. The molecule has 0 atom stereocenters. The van der Waals surface area contributed by atoms with Crippen LogP contribution >= 0.6 is 0 Å². The van der Waals surface area contributed by atoms with Crippen LogP contribution in [0.25, 0.3) is 0 Å². The van der Waals surface area contributed by atoms with Crippen LogP contribution < -0.4 is 9.64 Å². The number of nitrogens with zero attached hydrogens (tertiary/aromatic N) is 1. The molecule has 0 unspecified atom stereocenters. The van der Waals surface area contributed by atoms with E-state index in [-0.39, 0.29) is 24.6 Å². The van der Waals surface area contributed by atoms with Crippen molar-refractivity contribution in [2.24, 2.45) is 0 Å². The molecule has 1 aromatic rings. The normalized spacial score (nSPS) is 16.2. The maximum Gasteiger partial charge on any atom is 0.573 e. The molecule has 0 radical (unpaired) electrons. The number of amides is 1. The van der Waals surface area contributed by atoms with Crippen LogP contribution in [0.2, 0.25) is 0 Å². The summed E-state index contributed by atoms with van der Waals surface area (Å²) in [6.07, 6.45) is -4.08. The van der Waals surface area contributed by atoms with E-state index in [2.05, 4.69) is 4.74 Å². The van der Waals surface area contributed by atoms with Crippen molar-refractivity contribution in [3.63, 3.8) is 0 Å². The Morgan fingerprint density at radius 2 is 2.06 bits per heavy atom. The standard InChI is InChI=1S/C11H10F3NO3/c12-11(13,14)18-8-4-1-3-7(16)10(8)15-6-2-5-9(15)17/h1,3-4,16H,2,5-6H2. The van der Waals surface area contributed by atoms with Gasteiger partial charge in [-0.15, -0.1) is 13.2 Å². The molecule has 0 spiro atoms. The second-order valence-corrected chi connectivity index (χ2v) is 3.82. The molecular weight excluding hydrogens is 251 g/mol. The van der Waals surface area contributed by atoms with Crippen molar-refractivity contribution in [3.8, 4) is 11.5 Å². The van der Waals surface area contributed by atoms with Crippen LogP contribution in [-0.2, 0) is 4.79 Å². The van der Waals surface area contributed by atoms with Gasteiger partial charge in [-0.3, -0.25) is 4.79 Å². The number of alkyl halides is 3. The van der Waals surface area contributed by atoms with E-state index in [1.807, 2.05) is 0 Å². The molecule has 7 heteroatoms. The third-order valence-electron chi connectivity index (χ3n) is 2.55. The molecule has 1 saturated heterocycles. The zero-order valence-corrected chi connectivity index (χ0v) is 9.20. The van der Waals surface area contributed by atoms with Crippen molar-refractivity contribution >= 4 is 11.6 Å². The summed E-state index contributed by atoms with van der Waals surface area (Å²) in [6.45, 7) is 0.268. The van der Waals surface area contributed by atoms with Gasteiger partial charge in [-0.05, 0) is 18.6 Å². The van der Waals surface area contributed by atoms with Crippen LogP contribution in [-0.4, -0.2) is 23.9 Å². The van der Waals surface area contributed by atoms with Gasteiger partial charge in [0, 0.05) is 13.0 Å². The van der Waals surface area contributed by atoms with Gasteiger partial charge >= 0.3 is 6.36 Å². The van der Waals surface area contributed by atoms with E-state index < -0.39 is 17.9 Å². The molecule has 1 heterocycles. The van der Waals surface area contributed by atoms with E-state index in [9.17, 15) is 23.1 Å². The largest absolute Gasteiger partial charge is 0.573 e. The lowest BCUT2D eigenvalue weighted by Crippen LogP contribution is -2.26. The molecule has 1 aliphatic rings. The second kappa shape index (κ2) is 4.40. The summed E-state index contributed by atoms with van der Waals surface area (Å²) in [5.41, 5.74) is -0.225. The maximum absolute atomic E-state index is 12.2. The second-order valence-electron chi connectivity index (χ2n) is 3.82. The number of aromatic hydroxyl groups is 1. The topological polar surface area (TPSA) is 49.8 Å². The van der Waals surface area contributed by atoms with Crippen LogP contribution in [0.1, 0.15) is 12.8 Å². The van der Waals surface area contributed by atoms with E-state index in [4.69, 9.17) is 0 Å². The molecule has 1 aromatic carbocycles. The SMILES string of the molecule is O=C1CCCN1c1c(O)cccc1OC(F)(F)F. The van der Waals surface area contributed by atoms with Crippen molar-refractivity contribution in [3.05, 3.63) is 18.2 Å². The molecule has 1 amide bonds. The number of benzene rings is 1. The minimum atomic E-state index is -4.87. The summed E-state index contributed by atoms with van der Waals surface area (Å²) in [5.74, 6) is -1.31. The van der Waals surface area contributed by atoms with Crippen molar-refractivity contribution in [2.75, 3.05) is 11.4 Å². The fraction of sp³-hybridized carbons (Fsp3) is 0.364. The third kappa shape index (κ3) is 2.49. The molecule has 1 aliphatic heterocycles. The average molecular weight is 261 g/mol. The van der Waals surface area contributed by atoms with Gasteiger partial charge in [-0.2, -0.15) is 0 Å². The van der Waals surface area contributed by atoms with Gasteiger partial charge in [0.2, 0.25) is 5.91 Å². The van der Waals surface area contributed by atoms with E-state index in [1.54, 1.807) is 0 Å². The van der Waals surface area contributed by atoms with Crippen LogP contribution in [0.3, 0.4) is 0 Å². The molecular formula is C11H10F3NO3. The Balaban J connectivity index is 2.41. The monoisotopic (exact) mass is 261 g/mol. The summed E-state index contributed by atoms with van der Waals surface area (Å²) < 4.78 is 40.5. The van der Waals surface area contributed by atoms with Crippen LogP contribution in [0.5, 0.6) is 11.5 Å². The summed E-state index contributed by atoms with van der Waals surface area (Å²) in [7, 11) is 0. The first-order chi connectivity index (χ1) is 8.38. The lowest BCUT2D eigenvalue weighted by atomic mass is 10.2. The fourth-order valence-corrected chi connectivity index (χ4v) is 1.87. The highest BCUT2D eigenvalue weighted by Gasteiger charge is 2.35. The predicted molar refractivity (Wildman–Crippen MR) is 56.4 cm³/mol. The molecule has 18 heavy (non-hydrogen) atoms. The smallest absolute Gasteiger partial charge is 0.506 e. The highest BCUT2D eigenvalue weighted by atomic mass is 19.4. The molecule has 1 fully saturated rings. The van der Waals surface area contributed by atoms with Crippen molar-refractivity contribution in [1.29, 1.82) is 0 Å². The first kappa shape index (κ1) is 12.5. The van der Waals surface area contributed by atoms with Crippen LogP contribution in [0.4, 0.5) is 18.9 Å². The molecule has 0 aromatic heterocycles. The van der Waals surface area contributed by atoms with Gasteiger partial charge in [0.25, 0.3) is 0 Å². The average Bonchev–Trinajstić information content (AvgIpc) is 2.62. The minimum absolute atomic E-state index is 0.225. The molecule has 2 rings (SSSR count). The minimum Gasteiger partial charge on any atom is -0.506 e. The van der Waals surface area contributed by atoms with Crippen molar-refractivity contribution in [1.82, 2.24) is 0 Å². The summed E-state index contributed by atoms with van der Waals surface area (Å²) in [6, 6.07) is 3.50. The van der Waals surface area contributed by atoms with Gasteiger partial charge in [0.15, 0.2) is 5.75 Å². The number of anilines is 1. The number of hydrogen-bond donors (Lipinski definition) is 1. The van der Waals surface area contributed by atoms with Gasteiger partial charge in [-0.25, -0.2) is 0 Å². The van der Waals surface area contributed by atoms with Crippen LogP contribution in [0, 0.1) is 0 Å². The number of phenolic OH excluding ortho intramolecular Hbond substituents is 1. The predicted octanol–water partition coefficient (Wildman–Crippen LogP) is 2.42. The summed E-state index contributed by atoms with van der Waals surface area (Å²) in [5, 5.41) is 9.63. The highest BCUT2D eigenvalue weighted by molar-refractivity contribution is 5.98. The zero-order chi connectivity index (χ0) is 13.3. The van der Waals surface area contributed by atoms with E-state index in [1.165, 1.54) is 12.1 Å². The number of ether oxygens (including phenoxy) is 1. The number of hydrogen-bond acceptors (Lipinski definition) is 3. The van der Waals surface area contributed by atoms with Gasteiger partial charge in [-0.1, -0.05) is 6.07 Å². The Kier molecular flexibility index (Phi) is 3.06. The highest BCUT2D eigenvalue weighted by Crippen LogP contribution is 2.41. The number of para-hydroxylation sites is 1. The summed E-state index contributed by atoms with van der Waals surface area (Å²) in [4.78, 5) is 12.6.